The maximum atomic E-state index is 7.26. The van der Waals surface area contributed by atoms with Crippen molar-refractivity contribution in [3.05, 3.63) is 259 Å². The molecule has 10 aromatic carbocycles. The summed E-state index contributed by atoms with van der Waals surface area (Å²) in [7, 11) is 0. The Kier molecular flexibility index (Phi) is 9.66. The van der Waals surface area contributed by atoms with Gasteiger partial charge in [-0.1, -0.05) is 212 Å². The van der Waals surface area contributed by atoms with E-state index in [1.807, 2.05) is 0 Å². The third-order valence-corrected chi connectivity index (χ3v) is 13.5. The number of aliphatic imine (C=N–C) groups is 1. The van der Waals surface area contributed by atoms with Crippen LogP contribution in [-0.2, 0) is 0 Å². The van der Waals surface area contributed by atoms with Crippen LogP contribution in [0, 0.1) is 0 Å². The first-order chi connectivity index (χ1) is 33.7. The topological polar surface area (TPSA) is 54.5 Å². The molecule has 12 aromatic rings. The Labute approximate surface area is 394 Å². The van der Waals surface area contributed by atoms with Crippen molar-refractivity contribution in [1.29, 1.82) is 0 Å². The molecule has 1 aliphatic rings. The summed E-state index contributed by atoms with van der Waals surface area (Å²) in [5.74, 6) is 0.816. The van der Waals surface area contributed by atoms with Gasteiger partial charge < -0.3 is 14.3 Å². The van der Waals surface area contributed by atoms with Crippen LogP contribution in [0.25, 0.3) is 93.9 Å². The molecule has 0 amide bonds. The molecular weight excluding hydrogens is 829 g/mol. The van der Waals surface area contributed by atoms with Crippen molar-refractivity contribution >= 4 is 49.6 Å². The van der Waals surface area contributed by atoms with Crippen LogP contribution in [0.1, 0.15) is 29.0 Å². The molecule has 68 heavy (non-hydrogen) atoms. The van der Waals surface area contributed by atoms with Crippen LogP contribution in [0.5, 0.6) is 0 Å². The summed E-state index contributed by atoms with van der Waals surface area (Å²) in [5, 5.41) is 12.2. The predicted molar refractivity (Wildman–Crippen MR) is 281 cm³/mol. The number of nitrogens with one attached hydrogen (secondary N) is 2. The Bertz CT molecular complexity index is 3820. The van der Waals surface area contributed by atoms with E-state index in [9.17, 15) is 0 Å². The molecule has 2 atom stereocenters. The molecule has 2 aromatic heterocycles. The normalized spacial score (nSPS) is 14.9. The van der Waals surface area contributed by atoms with E-state index in [1.165, 1.54) is 44.3 Å². The van der Waals surface area contributed by atoms with Gasteiger partial charge in [0.1, 0.15) is 23.8 Å². The van der Waals surface area contributed by atoms with Gasteiger partial charge in [0.25, 0.3) is 0 Å². The van der Waals surface area contributed by atoms with Gasteiger partial charge in [-0.3, -0.25) is 5.32 Å². The second-order valence-electron chi connectivity index (χ2n) is 17.6. The van der Waals surface area contributed by atoms with Gasteiger partial charge in [0.2, 0.25) is 0 Å². The number of fused-ring (bicyclic) bond motifs is 7. The highest BCUT2D eigenvalue weighted by atomic mass is 16.3. The summed E-state index contributed by atoms with van der Waals surface area (Å²) >= 11 is 0. The molecular formula is C63H44N4O. The van der Waals surface area contributed by atoms with Crippen molar-refractivity contribution in [2.75, 3.05) is 0 Å². The third-order valence-electron chi connectivity index (χ3n) is 13.5. The van der Waals surface area contributed by atoms with Gasteiger partial charge in [0.15, 0.2) is 5.58 Å². The average Bonchev–Trinajstić information content (AvgIpc) is 3.98. The van der Waals surface area contributed by atoms with Crippen LogP contribution in [-0.4, -0.2) is 10.4 Å². The molecule has 13 rings (SSSR count). The molecule has 5 nitrogen and oxygen atoms in total. The maximum absolute atomic E-state index is 7.26. The first kappa shape index (κ1) is 39.6. The monoisotopic (exact) mass is 872 g/mol. The van der Waals surface area contributed by atoms with E-state index in [2.05, 4.69) is 258 Å². The number of furan rings is 1. The molecule has 0 bridgehead atoms. The highest BCUT2D eigenvalue weighted by Gasteiger charge is 2.29. The van der Waals surface area contributed by atoms with Gasteiger partial charge in [-0.15, -0.1) is 0 Å². The minimum atomic E-state index is -0.326. The summed E-state index contributed by atoms with van der Waals surface area (Å²) < 4.78 is 9.63. The number of rotatable bonds is 8. The molecule has 322 valence electrons. The van der Waals surface area contributed by atoms with E-state index >= 15 is 0 Å². The van der Waals surface area contributed by atoms with Gasteiger partial charge >= 0.3 is 0 Å². The third kappa shape index (κ3) is 6.96. The van der Waals surface area contributed by atoms with Crippen molar-refractivity contribution in [2.24, 2.45) is 4.99 Å². The fourth-order valence-electron chi connectivity index (χ4n) is 10.1. The molecule has 2 unspecified atom stereocenters. The van der Waals surface area contributed by atoms with Crippen LogP contribution in [0.3, 0.4) is 0 Å². The SMILES string of the molecule is c1ccc(-c2ccc(C3=NC(c4ccc(-c5ccccc5)cc4)NC(c4cccc5c4oc4c5ccc5c6ccccc6n(-c6ccc(-c7cccc(-c8ccccc8)c7)cc6)c54)N3)cc2)cc1. The number of nitrogens with zero attached hydrogens (tertiary/aromatic N) is 2. The minimum Gasteiger partial charge on any atom is -0.453 e. The predicted octanol–water partition coefficient (Wildman–Crippen LogP) is 15.7. The summed E-state index contributed by atoms with van der Waals surface area (Å²) in [6.07, 6.45) is -0.652. The van der Waals surface area contributed by atoms with Crippen molar-refractivity contribution in [3.8, 4) is 50.2 Å². The molecule has 5 heteroatoms. The quantitative estimate of drug-likeness (QED) is 0.160. The van der Waals surface area contributed by atoms with Gasteiger partial charge in [-0.25, -0.2) is 4.99 Å². The van der Waals surface area contributed by atoms with Crippen LogP contribution in [0.2, 0.25) is 0 Å². The van der Waals surface area contributed by atoms with Crippen LogP contribution < -0.4 is 10.6 Å². The van der Waals surface area contributed by atoms with Crippen molar-refractivity contribution < 1.29 is 4.42 Å². The molecule has 0 saturated carbocycles. The minimum absolute atomic E-state index is 0.325. The number of para-hydroxylation sites is 2. The highest BCUT2D eigenvalue weighted by Crippen LogP contribution is 2.42. The standard InChI is InChI=1S/C63H44N4O/c1-4-14-41(15-5-1)44-26-30-47(31-27-44)61-64-62(48-32-28-45(29-33-48)42-16-6-2-7-17-42)66-63(65-61)56-24-13-23-54-55-39-38-53-52-22-10-11-25-57(52)67(58(53)60(55)68-59(54)56)51-36-34-46(35-37-51)50-21-12-20-49(40-50)43-18-8-3-9-19-43/h1-40,61,63,65H,(H,64,66). The fraction of sp³-hybridized carbons (Fsp3) is 0.0317. The van der Waals surface area contributed by atoms with E-state index in [4.69, 9.17) is 9.41 Å². The lowest BCUT2D eigenvalue weighted by molar-refractivity contribution is 0.408. The smallest absolute Gasteiger partial charge is 0.160 e. The molecule has 0 radical (unpaired) electrons. The number of benzene rings is 10. The van der Waals surface area contributed by atoms with E-state index in [0.29, 0.717) is 0 Å². The first-order valence-corrected chi connectivity index (χ1v) is 23.3. The molecule has 0 aliphatic carbocycles. The largest absolute Gasteiger partial charge is 0.453 e. The zero-order chi connectivity index (χ0) is 45.0. The lowest BCUT2D eigenvalue weighted by atomic mass is 9.99. The number of aromatic nitrogens is 1. The second-order valence-corrected chi connectivity index (χ2v) is 17.6. The van der Waals surface area contributed by atoms with Crippen molar-refractivity contribution in [2.45, 2.75) is 12.3 Å². The second kappa shape index (κ2) is 16.6. The zero-order valence-corrected chi connectivity index (χ0v) is 37.1. The summed E-state index contributed by atoms with van der Waals surface area (Å²) in [4.78, 5) is 5.34. The first-order valence-electron chi connectivity index (χ1n) is 23.3. The van der Waals surface area contributed by atoms with Gasteiger partial charge in [0.05, 0.1) is 11.0 Å². The van der Waals surface area contributed by atoms with E-state index in [0.717, 1.165) is 72.1 Å². The van der Waals surface area contributed by atoms with Crippen LogP contribution >= 0.6 is 0 Å². The molecule has 1 aliphatic heterocycles. The molecule has 2 N–H and O–H groups in total. The van der Waals surface area contributed by atoms with Crippen molar-refractivity contribution in [3.63, 3.8) is 0 Å². The van der Waals surface area contributed by atoms with E-state index in [-0.39, 0.29) is 12.3 Å². The molecule has 3 heterocycles. The Hall–Kier alpha value is -8.77. The fourth-order valence-corrected chi connectivity index (χ4v) is 10.1. The molecule has 0 saturated heterocycles. The lowest BCUT2D eigenvalue weighted by Gasteiger charge is -2.32. The summed E-state index contributed by atoms with van der Waals surface area (Å²) in [6, 6.07) is 86.4. The van der Waals surface area contributed by atoms with Gasteiger partial charge in [-0.05, 0) is 80.4 Å². The van der Waals surface area contributed by atoms with E-state index < -0.39 is 0 Å². The average molecular weight is 873 g/mol. The lowest BCUT2D eigenvalue weighted by Crippen LogP contribution is -2.45. The highest BCUT2D eigenvalue weighted by molar-refractivity contribution is 6.21. The van der Waals surface area contributed by atoms with Gasteiger partial charge in [-0.2, -0.15) is 0 Å². The Morgan fingerprint density at radius 1 is 0.382 bits per heavy atom. The zero-order valence-electron chi connectivity index (χ0n) is 37.1. The molecule has 0 fully saturated rings. The van der Waals surface area contributed by atoms with Crippen molar-refractivity contribution in [1.82, 2.24) is 15.2 Å². The van der Waals surface area contributed by atoms with E-state index in [1.54, 1.807) is 0 Å². The van der Waals surface area contributed by atoms with Gasteiger partial charge in [0, 0.05) is 38.4 Å². The van der Waals surface area contributed by atoms with Crippen LogP contribution in [0.15, 0.2) is 252 Å². The number of hydrogen-bond acceptors (Lipinski definition) is 4. The Balaban J connectivity index is 0.915. The Morgan fingerprint density at radius 3 is 1.54 bits per heavy atom. The Morgan fingerprint density at radius 2 is 0.868 bits per heavy atom. The summed E-state index contributed by atoms with van der Waals surface area (Å²) in [6.45, 7) is 0. The number of amidine groups is 1. The number of hydrogen-bond donors (Lipinski definition) is 2. The molecule has 0 spiro atoms. The van der Waals surface area contributed by atoms with Crippen LogP contribution in [0.4, 0.5) is 0 Å². The maximum Gasteiger partial charge on any atom is 0.160 e. The summed E-state index contributed by atoms with van der Waals surface area (Å²) in [5.41, 5.74) is 17.5.